The van der Waals surface area contributed by atoms with Crippen molar-refractivity contribution in [1.29, 1.82) is 0 Å². The number of benzene rings is 1. The van der Waals surface area contributed by atoms with Gasteiger partial charge in [-0.05, 0) is 31.2 Å². The fraction of sp³-hybridized carbons (Fsp3) is 0.714. The summed E-state index contributed by atoms with van der Waals surface area (Å²) in [6, 6.07) is 10.1. The second-order valence-corrected chi connectivity index (χ2v) is 7.68. The molecule has 6 heteroatoms. The van der Waals surface area contributed by atoms with E-state index >= 15 is 0 Å². The summed E-state index contributed by atoms with van der Waals surface area (Å²) in [4.78, 5) is 0. The van der Waals surface area contributed by atoms with Crippen molar-refractivity contribution < 1.29 is 29.5 Å². The third-order valence-corrected chi connectivity index (χ3v) is 5.63. The lowest BCUT2D eigenvalue weighted by atomic mass is 9.82. The Labute approximate surface area is 162 Å². The lowest BCUT2D eigenvalue weighted by molar-refractivity contribution is -0.0688. The van der Waals surface area contributed by atoms with Gasteiger partial charge < -0.3 is 29.5 Å². The summed E-state index contributed by atoms with van der Waals surface area (Å²) in [6.07, 6.45) is 3.33. The molecule has 3 N–H and O–H groups in total. The second-order valence-electron chi connectivity index (χ2n) is 7.68. The van der Waals surface area contributed by atoms with Crippen molar-refractivity contribution in [1.82, 2.24) is 0 Å². The van der Waals surface area contributed by atoms with Gasteiger partial charge in [0.25, 0.3) is 0 Å². The SMILES string of the molecule is OCC1(CO)CCOCC1.OCC1(COCc2ccccc2)CCOCC1. The van der Waals surface area contributed by atoms with Crippen molar-refractivity contribution in [2.45, 2.75) is 32.3 Å². The average molecular weight is 382 g/mol. The third kappa shape index (κ3) is 7.14. The molecular weight excluding hydrogens is 348 g/mol. The molecule has 0 atom stereocenters. The van der Waals surface area contributed by atoms with Crippen molar-refractivity contribution in [3.05, 3.63) is 35.9 Å². The zero-order valence-electron chi connectivity index (χ0n) is 16.1. The van der Waals surface area contributed by atoms with Crippen LogP contribution in [0.3, 0.4) is 0 Å². The molecule has 0 amide bonds. The molecule has 1 aromatic carbocycles. The maximum Gasteiger partial charge on any atom is 0.0717 e. The van der Waals surface area contributed by atoms with Crippen LogP contribution in [-0.2, 0) is 20.8 Å². The molecule has 1 aromatic rings. The predicted octanol–water partition coefficient (Wildman–Crippen LogP) is 1.76. The van der Waals surface area contributed by atoms with Gasteiger partial charge in [0.15, 0.2) is 0 Å². The van der Waals surface area contributed by atoms with Gasteiger partial charge in [-0.1, -0.05) is 30.3 Å². The Bertz CT molecular complexity index is 489. The molecular formula is C21H34O6. The Morgan fingerprint density at radius 3 is 1.67 bits per heavy atom. The molecule has 0 aliphatic carbocycles. The molecule has 2 saturated heterocycles. The molecule has 0 radical (unpaired) electrons. The van der Waals surface area contributed by atoms with Crippen molar-refractivity contribution in [2.75, 3.05) is 52.9 Å². The van der Waals surface area contributed by atoms with Gasteiger partial charge in [-0.15, -0.1) is 0 Å². The summed E-state index contributed by atoms with van der Waals surface area (Å²) in [6.45, 7) is 4.36. The number of hydrogen-bond acceptors (Lipinski definition) is 6. The Kier molecular flexibility index (Phi) is 9.68. The summed E-state index contributed by atoms with van der Waals surface area (Å²) in [5.41, 5.74) is 0.832. The summed E-state index contributed by atoms with van der Waals surface area (Å²) >= 11 is 0. The van der Waals surface area contributed by atoms with Crippen LogP contribution in [0.1, 0.15) is 31.2 Å². The van der Waals surface area contributed by atoms with E-state index in [0.717, 1.165) is 38.9 Å². The zero-order valence-corrected chi connectivity index (χ0v) is 16.1. The van der Waals surface area contributed by atoms with Crippen LogP contribution in [0.4, 0.5) is 0 Å². The smallest absolute Gasteiger partial charge is 0.0717 e. The van der Waals surface area contributed by atoms with Crippen molar-refractivity contribution in [2.24, 2.45) is 10.8 Å². The lowest BCUT2D eigenvalue weighted by Crippen LogP contribution is -2.37. The van der Waals surface area contributed by atoms with Crippen LogP contribution in [0.25, 0.3) is 0 Å². The zero-order chi connectivity index (χ0) is 19.4. The van der Waals surface area contributed by atoms with Crippen LogP contribution < -0.4 is 0 Å². The van der Waals surface area contributed by atoms with Crippen LogP contribution in [0.5, 0.6) is 0 Å². The largest absolute Gasteiger partial charge is 0.396 e. The molecule has 6 nitrogen and oxygen atoms in total. The number of hydrogen-bond donors (Lipinski definition) is 3. The predicted molar refractivity (Wildman–Crippen MR) is 102 cm³/mol. The van der Waals surface area contributed by atoms with Crippen LogP contribution >= 0.6 is 0 Å². The molecule has 0 unspecified atom stereocenters. The maximum atomic E-state index is 9.50. The topological polar surface area (TPSA) is 88.4 Å². The van der Waals surface area contributed by atoms with E-state index in [2.05, 4.69) is 12.1 Å². The standard InChI is InChI=1S/C14H20O3.C7H14O3/c15-11-14(6-8-16-9-7-14)12-17-10-13-4-2-1-3-5-13;8-5-7(6-9)1-3-10-4-2-7/h1-5,15H,6-12H2;8-9H,1-6H2. The minimum absolute atomic E-state index is 0.0762. The fourth-order valence-corrected chi connectivity index (χ4v) is 3.28. The minimum Gasteiger partial charge on any atom is -0.396 e. The second kappa shape index (κ2) is 11.7. The average Bonchev–Trinajstić information content (AvgIpc) is 2.76. The molecule has 2 heterocycles. The maximum absolute atomic E-state index is 9.50. The van der Waals surface area contributed by atoms with E-state index < -0.39 is 0 Å². The summed E-state index contributed by atoms with van der Waals surface area (Å²) in [7, 11) is 0. The highest BCUT2D eigenvalue weighted by molar-refractivity contribution is 5.13. The molecule has 154 valence electrons. The van der Waals surface area contributed by atoms with Gasteiger partial charge in [0.05, 0.1) is 33.0 Å². The van der Waals surface area contributed by atoms with Gasteiger partial charge >= 0.3 is 0 Å². The normalized spacial score (nSPS) is 21.1. The molecule has 2 fully saturated rings. The molecule has 27 heavy (non-hydrogen) atoms. The van der Waals surface area contributed by atoms with E-state index in [1.54, 1.807) is 0 Å². The molecule has 0 spiro atoms. The molecule has 0 bridgehead atoms. The Morgan fingerprint density at radius 2 is 1.22 bits per heavy atom. The van der Waals surface area contributed by atoms with Crippen molar-refractivity contribution in [3.63, 3.8) is 0 Å². The number of aliphatic hydroxyl groups is 3. The Hall–Kier alpha value is -1.02. The van der Waals surface area contributed by atoms with Crippen LogP contribution in [0.15, 0.2) is 30.3 Å². The van der Waals surface area contributed by atoms with Gasteiger partial charge in [0, 0.05) is 37.3 Å². The summed E-state index contributed by atoms with van der Waals surface area (Å²) in [5.74, 6) is 0. The first-order chi connectivity index (χ1) is 13.2. The van der Waals surface area contributed by atoms with Crippen LogP contribution in [0.2, 0.25) is 0 Å². The minimum atomic E-state index is -0.252. The summed E-state index contributed by atoms with van der Waals surface area (Å²) < 4.78 is 16.2. The molecule has 2 aliphatic heterocycles. The van der Waals surface area contributed by atoms with Gasteiger partial charge in [-0.2, -0.15) is 0 Å². The van der Waals surface area contributed by atoms with Crippen LogP contribution in [-0.4, -0.2) is 68.2 Å². The highest BCUT2D eigenvalue weighted by atomic mass is 16.5. The molecule has 2 aliphatic rings. The molecule has 0 saturated carbocycles. The first kappa shape index (κ1) is 22.3. The monoisotopic (exact) mass is 382 g/mol. The third-order valence-electron chi connectivity index (χ3n) is 5.63. The fourth-order valence-electron chi connectivity index (χ4n) is 3.28. The van der Waals surface area contributed by atoms with Gasteiger partial charge in [0.1, 0.15) is 0 Å². The van der Waals surface area contributed by atoms with E-state index in [4.69, 9.17) is 24.4 Å². The summed E-state index contributed by atoms with van der Waals surface area (Å²) in [5, 5.41) is 27.4. The first-order valence-electron chi connectivity index (χ1n) is 9.77. The quantitative estimate of drug-likeness (QED) is 0.666. The lowest BCUT2D eigenvalue weighted by Gasteiger charge is -2.35. The van der Waals surface area contributed by atoms with E-state index in [-0.39, 0.29) is 30.7 Å². The highest BCUT2D eigenvalue weighted by Crippen LogP contribution is 2.30. The van der Waals surface area contributed by atoms with Crippen molar-refractivity contribution in [3.8, 4) is 0 Å². The van der Waals surface area contributed by atoms with E-state index in [9.17, 15) is 5.11 Å². The van der Waals surface area contributed by atoms with Gasteiger partial charge in [-0.25, -0.2) is 0 Å². The highest BCUT2D eigenvalue weighted by Gasteiger charge is 2.32. The van der Waals surface area contributed by atoms with Crippen molar-refractivity contribution >= 4 is 0 Å². The number of rotatable bonds is 7. The van der Waals surface area contributed by atoms with E-state index in [1.165, 1.54) is 5.56 Å². The Balaban J connectivity index is 0.000000223. The van der Waals surface area contributed by atoms with Crippen LogP contribution in [0, 0.1) is 10.8 Å². The van der Waals surface area contributed by atoms with Gasteiger partial charge in [0.2, 0.25) is 0 Å². The number of ether oxygens (including phenoxy) is 3. The molecule has 0 aromatic heterocycles. The van der Waals surface area contributed by atoms with Gasteiger partial charge in [-0.3, -0.25) is 0 Å². The Morgan fingerprint density at radius 1 is 0.741 bits per heavy atom. The number of aliphatic hydroxyl groups excluding tert-OH is 3. The van der Waals surface area contributed by atoms with E-state index in [0.29, 0.717) is 26.4 Å². The molecule has 3 rings (SSSR count). The van der Waals surface area contributed by atoms with E-state index in [1.807, 2.05) is 18.2 Å². The first-order valence-corrected chi connectivity index (χ1v) is 9.77.